The second-order valence-electron chi connectivity index (χ2n) is 7.03. The van der Waals surface area contributed by atoms with Crippen LogP contribution in [0.4, 0.5) is 5.69 Å². The highest BCUT2D eigenvalue weighted by Crippen LogP contribution is 2.29. The molecule has 1 heterocycles. The minimum Gasteiger partial charge on any atom is -0.493 e. The number of nitrogens with one attached hydrogen (secondary N) is 1. The molecule has 30 heavy (non-hydrogen) atoms. The van der Waals surface area contributed by atoms with Gasteiger partial charge in [-0.3, -0.25) is 4.79 Å². The maximum absolute atomic E-state index is 12.7. The molecule has 6 heteroatoms. The molecule has 0 atom stereocenters. The molecule has 3 aromatic carbocycles. The van der Waals surface area contributed by atoms with Gasteiger partial charge in [0.2, 0.25) is 5.89 Å². The van der Waals surface area contributed by atoms with Crippen LogP contribution in [0.3, 0.4) is 0 Å². The van der Waals surface area contributed by atoms with Crippen LogP contribution in [0.1, 0.15) is 21.5 Å². The first-order chi connectivity index (χ1) is 14.5. The summed E-state index contributed by atoms with van der Waals surface area (Å²) in [4.78, 5) is 17.3. The Hall–Kier alpha value is -3.80. The maximum atomic E-state index is 12.7. The second-order valence-corrected chi connectivity index (χ2v) is 7.03. The Balaban J connectivity index is 1.60. The summed E-state index contributed by atoms with van der Waals surface area (Å²) in [7, 11) is 3.09. The fourth-order valence-electron chi connectivity index (χ4n) is 3.21. The van der Waals surface area contributed by atoms with E-state index >= 15 is 0 Å². The molecular weight excluding hydrogens is 380 g/mol. The first-order valence-electron chi connectivity index (χ1n) is 9.50. The van der Waals surface area contributed by atoms with Crippen molar-refractivity contribution in [3.63, 3.8) is 0 Å². The van der Waals surface area contributed by atoms with Crippen LogP contribution in [0, 0.1) is 13.8 Å². The van der Waals surface area contributed by atoms with Crippen molar-refractivity contribution < 1.29 is 18.7 Å². The van der Waals surface area contributed by atoms with Crippen molar-refractivity contribution in [2.45, 2.75) is 13.8 Å². The predicted octanol–water partition coefficient (Wildman–Crippen LogP) is 5.38. The lowest BCUT2D eigenvalue weighted by molar-refractivity contribution is 0.102. The molecular formula is C24H22N2O4. The highest BCUT2D eigenvalue weighted by atomic mass is 16.5. The number of hydrogen-bond acceptors (Lipinski definition) is 5. The smallest absolute Gasteiger partial charge is 0.255 e. The fourth-order valence-corrected chi connectivity index (χ4v) is 3.21. The molecule has 4 rings (SSSR count). The number of amides is 1. The SMILES string of the molecule is COc1ccc(C(=O)Nc2cccc(-c3nc4cc(C)c(C)cc4o3)c2)cc1OC. The summed E-state index contributed by atoms with van der Waals surface area (Å²) < 4.78 is 16.4. The summed E-state index contributed by atoms with van der Waals surface area (Å²) in [5.41, 5.74) is 5.76. The number of anilines is 1. The van der Waals surface area contributed by atoms with E-state index in [9.17, 15) is 4.79 Å². The van der Waals surface area contributed by atoms with Crippen LogP contribution >= 0.6 is 0 Å². The summed E-state index contributed by atoms with van der Waals surface area (Å²) >= 11 is 0. The molecule has 0 saturated heterocycles. The number of ether oxygens (including phenoxy) is 2. The van der Waals surface area contributed by atoms with Crippen molar-refractivity contribution in [2.24, 2.45) is 0 Å². The van der Waals surface area contributed by atoms with Crippen LogP contribution in [0.15, 0.2) is 59.0 Å². The summed E-state index contributed by atoms with van der Waals surface area (Å²) in [6.45, 7) is 4.09. The van der Waals surface area contributed by atoms with Crippen LogP contribution in [-0.2, 0) is 0 Å². The third-order valence-corrected chi connectivity index (χ3v) is 5.02. The molecule has 1 aromatic heterocycles. The van der Waals surface area contributed by atoms with Crippen molar-refractivity contribution in [3.05, 3.63) is 71.3 Å². The molecule has 0 radical (unpaired) electrons. The van der Waals surface area contributed by atoms with Crippen molar-refractivity contribution in [2.75, 3.05) is 19.5 Å². The van der Waals surface area contributed by atoms with Gasteiger partial charge < -0.3 is 19.2 Å². The van der Waals surface area contributed by atoms with Crippen LogP contribution in [-0.4, -0.2) is 25.1 Å². The number of nitrogens with zero attached hydrogens (tertiary/aromatic N) is 1. The van der Waals surface area contributed by atoms with E-state index in [0.29, 0.717) is 28.6 Å². The van der Waals surface area contributed by atoms with E-state index in [1.165, 1.54) is 12.7 Å². The van der Waals surface area contributed by atoms with Gasteiger partial charge in [0.25, 0.3) is 5.91 Å². The van der Waals surface area contributed by atoms with Gasteiger partial charge in [0.1, 0.15) is 5.52 Å². The lowest BCUT2D eigenvalue weighted by Gasteiger charge is -2.10. The van der Waals surface area contributed by atoms with Crippen molar-refractivity contribution in [3.8, 4) is 23.0 Å². The molecule has 152 valence electrons. The topological polar surface area (TPSA) is 73.6 Å². The lowest BCUT2D eigenvalue weighted by atomic mass is 10.1. The van der Waals surface area contributed by atoms with Crippen molar-refractivity contribution >= 4 is 22.7 Å². The number of hydrogen-bond donors (Lipinski definition) is 1. The van der Waals surface area contributed by atoms with Crippen LogP contribution < -0.4 is 14.8 Å². The van der Waals surface area contributed by atoms with E-state index in [1.807, 2.05) is 50.2 Å². The monoisotopic (exact) mass is 402 g/mol. The first-order valence-corrected chi connectivity index (χ1v) is 9.50. The molecule has 0 spiro atoms. The Labute approximate surface area is 174 Å². The molecule has 6 nitrogen and oxygen atoms in total. The van der Waals surface area contributed by atoms with Gasteiger partial charge in [-0.15, -0.1) is 0 Å². The molecule has 0 aliphatic carbocycles. The highest BCUT2D eigenvalue weighted by molar-refractivity contribution is 6.05. The van der Waals surface area contributed by atoms with E-state index in [1.54, 1.807) is 25.3 Å². The number of aryl methyl sites for hydroxylation is 2. The van der Waals surface area contributed by atoms with Crippen molar-refractivity contribution in [1.29, 1.82) is 0 Å². The normalized spacial score (nSPS) is 10.8. The summed E-state index contributed by atoms with van der Waals surface area (Å²) in [5.74, 6) is 1.32. The van der Waals surface area contributed by atoms with Gasteiger partial charge in [-0.1, -0.05) is 6.07 Å². The zero-order chi connectivity index (χ0) is 21.3. The number of carbonyl (C=O) groups excluding carboxylic acids is 1. The minimum atomic E-state index is -0.253. The highest BCUT2D eigenvalue weighted by Gasteiger charge is 2.13. The van der Waals surface area contributed by atoms with Gasteiger partial charge in [-0.05, 0) is 73.5 Å². The van der Waals surface area contributed by atoms with Gasteiger partial charge in [-0.25, -0.2) is 4.98 Å². The number of fused-ring (bicyclic) bond motifs is 1. The van der Waals surface area contributed by atoms with Crippen LogP contribution in [0.5, 0.6) is 11.5 Å². The molecule has 4 aromatic rings. The number of oxazole rings is 1. The average molecular weight is 402 g/mol. The maximum Gasteiger partial charge on any atom is 0.255 e. The summed E-state index contributed by atoms with van der Waals surface area (Å²) in [6, 6.07) is 16.4. The van der Waals surface area contributed by atoms with E-state index in [0.717, 1.165) is 22.2 Å². The van der Waals surface area contributed by atoms with Gasteiger partial charge in [0.15, 0.2) is 17.1 Å². The number of rotatable bonds is 5. The Bertz CT molecular complexity index is 1200. The number of benzene rings is 3. The average Bonchev–Trinajstić information content (AvgIpc) is 3.16. The molecule has 0 aliphatic rings. The molecule has 0 saturated carbocycles. The van der Waals surface area contributed by atoms with Gasteiger partial charge in [-0.2, -0.15) is 0 Å². The third-order valence-electron chi connectivity index (χ3n) is 5.02. The summed E-state index contributed by atoms with van der Waals surface area (Å²) in [5, 5.41) is 2.90. The molecule has 0 unspecified atom stereocenters. The quantitative estimate of drug-likeness (QED) is 0.485. The van der Waals surface area contributed by atoms with E-state index in [-0.39, 0.29) is 5.91 Å². The lowest BCUT2D eigenvalue weighted by Crippen LogP contribution is -2.12. The Kier molecular flexibility index (Phi) is 5.14. The van der Waals surface area contributed by atoms with Gasteiger partial charge >= 0.3 is 0 Å². The zero-order valence-corrected chi connectivity index (χ0v) is 17.3. The Morgan fingerprint density at radius 3 is 2.47 bits per heavy atom. The van der Waals surface area contributed by atoms with Crippen LogP contribution in [0.25, 0.3) is 22.6 Å². The molecule has 1 amide bonds. The van der Waals surface area contributed by atoms with Gasteiger partial charge in [0, 0.05) is 16.8 Å². The van der Waals surface area contributed by atoms with E-state index in [2.05, 4.69) is 10.3 Å². The summed E-state index contributed by atoms with van der Waals surface area (Å²) in [6.07, 6.45) is 0. The van der Waals surface area contributed by atoms with Crippen LogP contribution in [0.2, 0.25) is 0 Å². The minimum absolute atomic E-state index is 0.253. The van der Waals surface area contributed by atoms with Crippen molar-refractivity contribution in [1.82, 2.24) is 4.98 Å². The number of aromatic nitrogens is 1. The standard InChI is InChI=1S/C24H22N2O4/c1-14-10-19-21(11-15(14)2)30-24(26-19)17-6-5-7-18(12-17)25-23(27)16-8-9-20(28-3)22(13-16)29-4/h5-13H,1-4H3,(H,25,27). The second kappa shape index (κ2) is 7.91. The van der Waals surface area contributed by atoms with E-state index in [4.69, 9.17) is 13.9 Å². The Morgan fingerprint density at radius 1 is 0.933 bits per heavy atom. The largest absolute Gasteiger partial charge is 0.493 e. The number of carbonyl (C=O) groups is 1. The Morgan fingerprint density at radius 2 is 1.70 bits per heavy atom. The first kappa shape index (κ1) is 19.5. The van der Waals surface area contributed by atoms with Gasteiger partial charge in [0.05, 0.1) is 14.2 Å². The molecule has 0 bridgehead atoms. The molecule has 1 N–H and O–H groups in total. The predicted molar refractivity (Wildman–Crippen MR) is 116 cm³/mol. The molecule has 0 aliphatic heterocycles. The zero-order valence-electron chi connectivity index (χ0n) is 17.3. The molecule has 0 fully saturated rings. The van der Waals surface area contributed by atoms with E-state index < -0.39 is 0 Å². The number of methoxy groups -OCH3 is 2. The fraction of sp³-hybridized carbons (Fsp3) is 0.167. The third kappa shape index (κ3) is 3.72.